The third-order valence-corrected chi connectivity index (χ3v) is 2.16. The summed E-state index contributed by atoms with van der Waals surface area (Å²) >= 11 is 5.74. The molecule has 0 amide bonds. The molecule has 0 bridgehead atoms. The van der Waals surface area contributed by atoms with Gasteiger partial charge in [-0.2, -0.15) is 5.10 Å². The Balaban J connectivity index is 2.18. The molecule has 0 aromatic carbocycles. The summed E-state index contributed by atoms with van der Waals surface area (Å²) in [5.41, 5.74) is 6.54. The minimum atomic E-state index is 0.473. The van der Waals surface area contributed by atoms with Crippen LogP contribution >= 0.6 is 11.6 Å². The largest absolute Gasteiger partial charge is 0.467 e. The molecule has 5 heteroatoms. The molecule has 0 radical (unpaired) electrons. The number of nitrogens with two attached hydrogens (primary N) is 1. The molecule has 0 spiro atoms. The monoisotopic (exact) mass is 211 g/mol. The molecule has 0 aliphatic heterocycles. The van der Waals surface area contributed by atoms with Crippen molar-refractivity contribution in [2.24, 2.45) is 5.73 Å². The molecule has 74 valence electrons. The molecule has 2 N–H and O–H groups in total. The van der Waals surface area contributed by atoms with Crippen molar-refractivity contribution in [3.63, 3.8) is 0 Å². The maximum Gasteiger partial charge on any atom is 0.129 e. The van der Waals surface area contributed by atoms with Crippen LogP contribution < -0.4 is 5.73 Å². The lowest BCUT2D eigenvalue weighted by Crippen LogP contribution is -2.04. The van der Waals surface area contributed by atoms with E-state index < -0.39 is 0 Å². The van der Waals surface area contributed by atoms with Crippen molar-refractivity contribution < 1.29 is 4.42 Å². The molecule has 0 saturated heterocycles. The van der Waals surface area contributed by atoms with Gasteiger partial charge in [-0.15, -0.1) is 0 Å². The minimum Gasteiger partial charge on any atom is -0.467 e. The Bertz CT molecular complexity index is 421. The smallest absolute Gasteiger partial charge is 0.129 e. The van der Waals surface area contributed by atoms with E-state index in [1.165, 1.54) is 0 Å². The number of hydrogen-bond acceptors (Lipinski definition) is 3. The predicted molar refractivity (Wildman–Crippen MR) is 52.9 cm³/mol. The second-order valence-electron chi connectivity index (χ2n) is 2.93. The van der Waals surface area contributed by atoms with Gasteiger partial charge in [-0.3, -0.25) is 4.68 Å². The molecule has 0 unspecified atom stereocenters. The molecule has 0 fully saturated rings. The zero-order chi connectivity index (χ0) is 9.97. The van der Waals surface area contributed by atoms with Crippen LogP contribution in [0.15, 0.2) is 29.1 Å². The van der Waals surface area contributed by atoms with Gasteiger partial charge in [-0.1, -0.05) is 11.6 Å². The zero-order valence-corrected chi connectivity index (χ0v) is 8.24. The first-order valence-electron chi connectivity index (χ1n) is 4.23. The van der Waals surface area contributed by atoms with E-state index in [-0.39, 0.29) is 0 Å². The van der Waals surface area contributed by atoms with Crippen molar-refractivity contribution in [2.45, 2.75) is 13.1 Å². The fourth-order valence-electron chi connectivity index (χ4n) is 1.26. The SMILES string of the molecule is NCc1ccoc1Cn1cc(Cl)cn1. The first-order valence-corrected chi connectivity index (χ1v) is 4.60. The quantitative estimate of drug-likeness (QED) is 0.840. The van der Waals surface area contributed by atoms with Gasteiger partial charge in [0.1, 0.15) is 5.76 Å². The molecule has 2 heterocycles. The molecule has 2 aromatic heterocycles. The highest BCUT2D eigenvalue weighted by Gasteiger charge is 2.05. The van der Waals surface area contributed by atoms with Crippen molar-refractivity contribution in [3.05, 3.63) is 41.1 Å². The second-order valence-corrected chi connectivity index (χ2v) is 3.37. The normalized spacial score (nSPS) is 10.7. The Morgan fingerprint density at radius 1 is 1.57 bits per heavy atom. The number of hydrogen-bond donors (Lipinski definition) is 1. The summed E-state index contributed by atoms with van der Waals surface area (Å²) in [6.45, 7) is 1.03. The molecule has 0 aliphatic rings. The van der Waals surface area contributed by atoms with Crippen LogP contribution in [0.2, 0.25) is 5.02 Å². The fourth-order valence-corrected chi connectivity index (χ4v) is 1.42. The highest BCUT2D eigenvalue weighted by Crippen LogP contribution is 2.12. The summed E-state index contributed by atoms with van der Waals surface area (Å²) in [5, 5.41) is 4.67. The van der Waals surface area contributed by atoms with E-state index in [1.54, 1.807) is 23.3 Å². The van der Waals surface area contributed by atoms with Gasteiger partial charge in [0.05, 0.1) is 24.0 Å². The van der Waals surface area contributed by atoms with Crippen molar-refractivity contribution in [2.75, 3.05) is 0 Å². The summed E-state index contributed by atoms with van der Waals surface area (Å²) in [6, 6.07) is 1.86. The van der Waals surface area contributed by atoms with Crippen LogP contribution in [0.4, 0.5) is 0 Å². The molecule has 0 atom stereocenters. The van der Waals surface area contributed by atoms with E-state index in [0.717, 1.165) is 11.3 Å². The highest BCUT2D eigenvalue weighted by atomic mass is 35.5. The average molecular weight is 212 g/mol. The Labute approximate surface area is 86.3 Å². The topological polar surface area (TPSA) is 57.0 Å². The zero-order valence-electron chi connectivity index (χ0n) is 7.48. The van der Waals surface area contributed by atoms with E-state index >= 15 is 0 Å². The van der Waals surface area contributed by atoms with Crippen molar-refractivity contribution in [3.8, 4) is 0 Å². The summed E-state index contributed by atoms with van der Waals surface area (Å²) in [7, 11) is 0. The van der Waals surface area contributed by atoms with Crippen LogP contribution in [0.3, 0.4) is 0 Å². The van der Waals surface area contributed by atoms with Gasteiger partial charge in [0.15, 0.2) is 0 Å². The maximum atomic E-state index is 5.74. The van der Waals surface area contributed by atoms with Crippen LogP contribution in [0.5, 0.6) is 0 Å². The van der Waals surface area contributed by atoms with Gasteiger partial charge in [0, 0.05) is 18.3 Å². The van der Waals surface area contributed by atoms with Gasteiger partial charge in [0.25, 0.3) is 0 Å². The number of aromatic nitrogens is 2. The summed E-state index contributed by atoms with van der Waals surface area (Å²) in [5.74, 6) is 0.826. The fraction of sp³-hybridized carbons (Fsp3) is 0.222. The van der Waals surface area contributed by atoms with E-state index in [9.17, 15) is 0 Å². The van der Waals surface area contributed by atoms with Gasteiger partial charge in [0.2, 0.25) is 0 Å². The Kier molecular flexibility index (Phi) is 2.56. The first-order chi connectivity index (χ1) is 6.79. The van der Waals surface area contributed by atoms with E-state index in [0.29, 0.717) is 18.1 Å². The van der Waals surface area contributed by atoms with Crippen LogP contribution in [0.25, 0.3) is 0 Å². The van der Waals surface area contributed by atoms with Gasteiger partial charge < -0.3 is 10.2 Å². The highest BCUT2D eigenvalue weighted by molar-refractivity contribution is 6.30. The van der Waals surface area contributed by atoms with Crippen LogP contribution in [-0.2, 0) is 13.1 Å². The van der Waals surface area contributed by atoms with Gasteiger partial charge >= 0.3 is 0 Å². The minimum absolute atomic E-state index is 0.473. The summed E-state index contributed by atoms with van der Waals surface area (Å²) in [6.07, 6.45) is 4.96. The molecular formula is C9H10ClN3O. The van der Waals surface area contributed by atoms with Crippen LogP contribution in [0.1, 0.15) is 11.3 Å². The lowest BCUT2D eigenvalue weighted by molar-refractivity contribution is 0.475. The van der Waals surface area contributed by atoms with Crippen LogP contribution in [-0.4, -0.2) is 9.78 Å². The molecule has 2 aromatic rings. The molecule has 0 saturated carbocycles. The Morgan fingerprint density at radius 3 is 3.07 bits per heavy atom. The van der Waals surface area contributed by atoms with E-state index in [1.807, 2.05) is 6.07 Å². The lowest BCUT2D eigenvalue weighted by atomic mass is 10.2. The van der Waals surface area contributed by atoms with Crippen LogP contribution in [0, 0.1) is 0 Å². The van der Waals surface area contributed by atoms with Crippen molar-refractivity contribution in [1.82, 2.24) is 9.78 Å². The Hall–Kier alpha value is -1.26. The third kappa shape index (κ3) is 1.81. The van der Waals surface area contributed by atoms with Gasteiger partial charge in [-0.25, -0.2) is 0 Å². The summed E-state index contributed by atoms with van der Waals surface area (Å²) < 4.78 is 6.99. The Morgan fingerprint density at radius 2 is 2.43 bits per heavy atom. The van der Waals surface area contributed by atoms with Crippen molar-refractivity contribution >= 4 is 11.6 Å². The third-order valence-electron chi connectivity index (χ3n) is 1.96. The predicted octanol–water partition coefficient (Wildman–Crippen LogP) is 1.64. The lowest BCUT2D eigenvalue weighted by Gasteiger charge is -1.99. The van der Waals surface area contributed by atoms with E-state index in [4.69, 9.17) is 21.8 Å². The molecule has 0 aliphatic carbocycles. The van der Waals surface area contributed by atoms with E-state index in [2.05, 4.69) is 5.10 Å². The molecular weight excluding hydrogens is 202 g/mol. The molecule has 4 nitrogen and oxygen atoms in total. The number of halogens is 1. The first kappa shape index (κ1) is 9.30. The summed E-state index contributed by atoms with van der Waals surface area (Å²) in [4.78, 5) is 0. The molecule has 14 heavy (non-hydrogen) atoms. The number of nitrogens with zero attached hydrogens (tertiary/aromatic N) is 2. The standard InChI is InChI=1S/C9H10ClN3O/c10-8-4-12-13(5-8)6-9-7(3-11)1-2-14-9/h1-2,4-5H,3,6,11H2. The number of rotatable bonds is 3. The van der Waals surface area contributed by atoms with Crippen molar-refractivity contribution in [1.29, 1.82) is 0 Å². The van der Waals surface area contributed by atoms with Gasteiger partial charge in [-0.05, 0) is 6.07 Å². The second kappa shape index (κ2) is 3.86. The maximum absolute atomic E-state index is 5.74. The molecule has 2 rings (SSSR count). The average Bonchev–Trinajstić information content (AvgIpc) is 2.76. The number of furan rings is 1.